The molecule has 3 heteroatoms. The number of hydrogen-bond donors (Lipinski definition) is 1. The number of nitrogens with one attached hydrogen (secondary N) is 1. The zero-order chi connectivity index (χ0) is 13.3. The summed E-state index contributed by atoms with van der Waals surface area (Å²) in [5.74, 6) is 0.785. The first-order valence-corrected chi connectivity index (χ1v) is 6.75. The van der Waals surface area contributed by atoms with E-state index in [9.17, 15) is 0 Å². The summed E-state index contributed by atoms with van der Waals surface area (Å²) in [4.78, 5) is 4.56. The van der Waals surface area contributed by atoms with Gasteiger partial charge >= 0.3 is 0 Å². The minimum absolute atomic E-state index is 0.207. The minimum atomic E-state index is -0.207. The molecule has 0 aliphatic heterocycles. The van der Waals surface area contributed by atoms with Gasteiger partial charge < -0.3 is 10.1 Å². The van der Waals surface area contributed by atoms with E-state index < -0.39 is 0 Å². The Morgan fingerprint density at radius 2 is 2.00 bits per heavy atom. The van der Waals surface area contributed by atoms with Crippen molar-refractivity contribution in [3.8, 4) is 5.88 Å². The Kier molecular flexibility index (Phi) is 3.62. The number of hydrogen-bond acceptors (Lipinski definition) is 3. The van der Waals surface area contributed by atoms with E-state index in [1.165, 1.54) is 24.0 Å². The molecule has 0 amide bonds. The van der Waals surface area contributed by atoms with Crippen LogP contribution in [0.4, 0.5) is 0 Å². The fraction of sp³-hybridized carbons (Fsp3) is 0.667. The molecule has 18 heavy (non-hydrogen) atoms. The van der Waals surface area contributed by atoms with Crippen LogP contribution in [0.15, 0.2) is 6.07 Å². The van der Waals surface area contributed by atoms with E-state index in [0.29, 0.717) is 6.04 Å². The number of rotatable bonds is 4. The van der Waals surface area contributed by atoms with E-state index >= 15 is 0 Å². The molecule has 1 saturated carbocycles. The summed E-state index contributed by atoms with van der Waals surface area (Å²) in [7, 11) is 0. The molecule has 0 bridgehead atoms. The lowest BCUT2D eigenvalue weighted by molar-refractivity contribution is 0.122. The first-order valence-electron chi connectivity index (χ1n) is 6.75. The second-order valence-electron chi connectivity index (χ2n) is 6.23. The van der Waals surface area contributed by atoms with Crippen molar-refractivity contribution in [2.75, 3.05) is 0 Å². The van der Waals surface area contributed by atoms with Gasteiger partial charge in [-0.2, -0.15) is 0 Å². The predicted octanol–water partition coefficient (Wildman–Crippen LogP) is 3.13. The highest BCUT2D eigenvalue weighted by Crippen LogP contribution is 2.26. The van der Waals surface area contributed by atoms with E-state index in [2.05, 4.69) is 44.1 Å². The first kappa shape index (κ1) is 13.3. The van der Waals surface area contributed by atoms with Gasteiger partial charge in [0.05, 0.1) is 0 Å². The Morgan fingerprint density at radius 3 is 2.56 bits per heavy atom. The maximum absolute atomic E-state index is 6.00. The molecule has 2 rings (SSSR count). The van der Waals surface area contributed by atoms with Crippen molar-refractivity contribution in [3.05, 3.63) is 22.9 Å². The summed E-state index contributed by atoms with van der Waals surface area (Å²) in [6.07, 6.45) is 2.60. The standard InChI is InChI=1S/C15H24N2O/c1-10-8-11(2)17-14(18-15(3,4)5)13(10)9-16-12-6-7-12/h8,12,16H,6-7,9H2,1-5H3. The lowest BCUT2D eigenvalue weighted by Crippen LogP contribution is -2.26. The molecule has 1 aliphatic rings. The molecule has 0 spiro atoms. The van der Waals surface area contributed by atoms with E-state index in [0.717, 1.165) is 18.1 Å². The second-order valence-corrected chi connectivity index (χ2v) is 6.23. The van der Waals surface area contributed by atoms with Crippen molar-refractivity contribution in [2.24, 2.45) is 0 Å². The molecule has 1 fully saturated rings. The van der Waals surface area contributed by atoms with Crippen LogP contribution in [0.25, 0.3) is 0 Å². The topological polar surface area (TPSA) is 34.1 Å². The molecule has 3 nitrogen and oxygen atoms in total. The Balaban J connectivity index is 2.22. The van der Waals surface area contributed by atoms with Gasteiger partial charge in [-0.3, -0.25) is 0 Å². The van der Waals surface area contributed by atoms with Crippen LogP contribution in [0, 0.1) is 13.8 Å². The van der Waals surface area contributed by atoms with Crippen molar-refractivity contribution < 1.29 is 4.74 Å². The van der Waals surface area contributed by atoms with Gasteiger partial charge in [-0.05, 0) is 59.1 Å². The number of aromatic nitrogens is 1. The highest BCUT2D eigenvalue weighted by molar-refractivity contribution is 5.36. The SMILES string of the molecule is Cc1cc(C)c(CNC2CC2)c(OC(C)(C)C)n1. The maximum Gasteiger partial charge on any atom is 0.218 e. The quantitative estimate of drug-likeness (QED) is 0.889. The van der Waals surface area contributed by atoms with E-state index in [-0.39, 0.29) is 5.60 Å². The molecule has 1 aliphatic carbocycles. The zero-order valence-corrected chi connectivity index (χ0v) is 12.1. The van der Waals surface area contributed by atoms with Crippen molar-refractivity contribution in [2.45, 2.75) is 65.6 Å². The monoisotopic (exact) mass is 248 g/mol. The molecular weight excluding hydrogens is 224 g/mol. The summed E-state index contributed by atoms with van der Waals surface area (Å²) in [5.41, 5.74) is 3.26. The van der Waals surface area contributed by atoms with E-state index in [4.69, 9.17) is 4.74 Å². The summed E-state index contributed by atoms with van der Waals surface area (Å²) < 4.78 is 6.00. The Bertz CT molecular complexity index is 431. The minimum Gasteiger partial charge on any atom is -0.472 e. The molecule has 1 N–H and O–H groups in total. The summed E-state index contributed by atoms with van der Waals surface area (Å²) >= 11 is 0. The average molecular weight is 248 g/mol. The predicted molar refractivity (Wildman–Crippen MR) is 74.0 cm³/mol. The fourth-order valence-electron chi connectivity index (χ4n) is 1.95. The van der Waals surface area contributed by atoms with Crippen molar-refractivity contribution >= 4 is 0 Å². The number of ether oxygens (including phenoxy) is 1. The van der Waals surface area contributed by atoms with Crippen LogP contribution in [-0.4, -0.2) is 16.6 Å². The van der Waals surface area contributed by atoms with Crippen LogP contribution >= 0.6 is 0 Å². The molecule has 0 aromatic carbocycles. The highest BCUT2D eigenvalue weighted by Gasteiger charge is 2.23. The van der Waals surface area contributed by atoms with Gasteiger partial charge in [0.15, 0.2) is 0 Å². The second kappa shape index (κ2) is 4.88. The fourth-order valence-corrected chi connectivity index (χ4v) is 1.95. The molecule has 100 valence electrons. The molecule has 1 heterocycles. The van der Waals surface area contributed by atoms with Crippen LogP contribution in [0.5, 0.6) is 5.88 Å². The molecule has 1 aromatic heterocycles. The van der Waals surface area contributed by atoms with Crippen molar-refractivity contribution in [1.29, 1.82) is 0 Å². The molecule has 0 saturated heterocycles. The molecule has 0 unspecified atom stereocenters. The van der Waals surface area contributed by atoms with Gasteiger partial charge in [0.2, 0.25) is 5.88 Å². The normalized spacial score (nSPS) is 15.8. The lowest BCUT2D eigenvalue weighted by Gasteiger charge is -2.23. The van der Waals surface area contributed by atoms with E-state index in [1.807, 2.05) is 6.92 Å². The third kappa shape index (κ3) is 3.70. The van der Waals surface area contributed by atoms with Gasteiger partial charge in [0, 0.05) is 23.8 Å². The van der Waals surface area contributed by atoms with Gasteiger partial charge in [0.1, 0.15) is 5.60 Å². The van der Waals surface area contributed by atoms with Crippen LogP contribution < -0.4 is 10.1 Å². The molecule has 1 aromatic rings. The molecular formula is C15H24N2O. The third-order valence-electron chi connectivity index (χ3n) is 2.99. The van der Waals surface area contributed by atoms with Crippen LogP contribution in [0.3, 0.4) is 0 Å². The summed E-state index contributed by atoms with van der Waals surface area (Å²) in [5, 5.41) is 3.54. The maximum atomic E-state index is 6.00. The summed E-state index contributed by atoms with van der Waals surface area (Å²) in [6.45, 7) is 11.2. The zero-order valence-electron chi connectivity index (χ0n) is 12.1. The van der Waals surface area contributed by atoms with Crippen molar-refractivity contribution in [1.82, 2.24) is 10.3 Å². The average Bonchev–Trinajstić information content (AvgIpc) is 2.97. The number of aryl methyl sites for hydroxylation is 2. The van der Waals surface area contributed by atoms with Crippen molar-refractivity contribution in [3.63, 3.8) is 0 Å². The highest BCUT2D eigenvalue weighted by atomic mass is 16.5. The smallest absolute Gasteiger partial charge is 0.218 e. The van der Waals surface area contributed by atoms with Crippen LogP contribution in [0.1, 0.15) is 50.4 Å². The van der Waals surface area contributed by atoms with Crippen LogP contribution in [-0.2, 0) is 6.54 Å². The van der Waals surface area contributed by atoms with Gasteiger partial charge in [-0.25, -0.2) is 4.98 Å². The number of pyridine rings is 1. The first-order chi connectivity index (χ1) is 8.35. The summed E-state index contributed by atoms with van der Waals surface area (Å²) in [6, 6.07) is 2.83. The lowest BCUT2D eigenvalue weighted by atomic mass is 10.1. The Labute approximate surface area is 110 Å². The van der Waals surface area contributed by atoms with Gasteiger partial charge in [-0.15, -0.1) is 0 Å². The third-order valence-corrected chi connectivity index (χ3v) is 2.99. The van der Waals surface area contributed by atoms with Gasteiger partial charge in [0.25, 0.3) is 0 Å². The number of nitrogens with zero attached hydrogens (tertiary/aromatic N) is 1. The molecule has 0 atom stereocenters. The largest absolute Gasteiger partial charge is 0.472 e. The van der Waals surface area contributed by atoms with E-state index in [1.54, 1.807) is 0 Å². The Morgan fingerprint density at radius 1 is 1.33 bits per heavy atom. The Hall–Kier alpha value is -1.09. The van der Waals surface area contributed by atoms with Crippen LogP contribution in [0.2, 0.25) is 0 Å². The molecule has 0 radical (unpaired) electrons. The van der Waals surface area contributed by atoms with Gasteiger partial charge in [-0.1, -0.05) is 0 Å².